The summed E-state index contributed by atoms with van der Waals surface area (Å²) in [5.41, 5.74) is 1.18. The summed E-state index contributed by atoms with van der Waals surface area (Å²) >= 11 is 5.78. The second kappa shape index (κ2) is 4.67. The van der Waals surface area contributed by atoms with E-state index in [9.17, 15) is 0 Å². The van der Waals surface area contributed by atoms with Gasteiger partial charge in [0.1, 0.15) is 0 Å². The van der Waals surface area contributed by atoms with Crippen LogP contribution < -0.4 is 0 Å². The largest absolute Gasteiger partial charge is 0.296 e. The van der Waals surface area contributed by atoms with E-state index in [1.165, 1.54) is 44.2 Å². The molecule has 0 aromatic heterocycles. The van der Waals surface area contributed by atoms with Crippen molar-refractivity contribution in [3.63, 3.8) is 0 Å². The van der Waals surface area contributed by atoms with Crippen LogP contribution in [0.15, 0.2) is 12.2 Å². The molecular weight excluding hydrogens is 194 g/mol. The van der Waals surface area contributed by atoms with Gasteiger partial charge in [-0.3, -0.25) is 4.90 Å². The molecule has 1 heterocycles. The molecule has 0 spiro atoms. The van der Waals surface area contributed by atoms with Crippen LogP contribution in [0.5, 0.6) is 0 Å². The molecule has 0 amide bonds. The Balaban J connectivity index is 1.90. The maximum Gasteiger partial charge on any atom is 0.0443 e. The van der Waals surface area contributed by atoms with Gasteiger partial charge in [-0.2, -0.15) is 0 Å². The summed E-state index contributed by atoms with van der Waals surface area (Å²) in [4.78, 5) is 2.61. The van der Waals surface area contributed by atoms with Gasteiger partial charge in [0.05, 0.1) is 0 Å². The molecule has 1 aliphatic heterocycles. The van der Waals surface area contributed by atoms with Gasteiger partial charge < -0.3 is 0 Å². The van der Waals surface area contributed by atoms with Gasteiger partial charge in [-0.1, -0.05) is 19.4 Å². The number of hydrogen-bond acceptors (Lipinski definition) is 1. The molecule has 1 saturated carbocycles. The van der Waals surface area contributed by atoms with E-state index in [0.717, 1.165) is 18.5 Å². The number of hydrogen-bond donors (Lipinski definition) is 0. The number of fused-ring (bicyclic) bond motifs is 1. The molecule has 0 aromatic carbocycles. The van der Waals surface area contributed by atoms with Crippen molar-refractivity contribution >= 4 is 11.6 Å². The predicted octanol–water partition coefficient (Wildman–Crippen LogP) is 3.05. The van der Waals surface area contributed by atoms with Crippen molar-refractivity contribution in [1.82, 2.24) is 4.90 Å². The summed E-state index contributed by atoms with van der Waals surface area (Å²) < 4.78 is 0. The molecule has 0 N–H and O–H groups in total. The number of nitrogens with zero attached hydrogens (tertiary/aromatic N) is 1. The van der Waals surface area contributed by atoms with Crippen LogP contribution >= 0.6 is 11.6 Å². The van der Waals surface area contributed by atoms with Gasteiger partial charge in [0.15, 0.2) is 0 Å². The number of halogens is 1. The number of alkyl halides is 1. The van der Waals surface area contributed by atoms with Crippen LogP contribution in [0.1, 0.15) is 32.1 Å². The van der Waals surface area contributed by atoms with Crippen LogP contribution in [0.3, 0.4) is 0 Å². The minimum absolute atomic E-state index is 0.619. The Morgan fingerprint density at radius 1 is 1.29 bits per heavy atom. The van der Waals surface area contributed by atoms with E-state index in [1.807, 2.05) is 0 Å². The maximum absolute atomic E-state index is 5.78. The first-order valence-electron chi connectivity index (χ1n) is 5.78. The van der Waals surface area contributed by atoms with Gasteiger partial charge in [0, 0.05) is 18.5 Å². The van der Waals surface area contributed by atoms with E-state index >= 15 is 0 Å². The van der Waals surface area contributed by atoms with Crippen LogP contribution in [0, 0.1) is 5.92 Å². The molecule has 2 atom stereocenters. The SMILES string of the molecule is C=C(CCl)CN1CCC2CCCCC21. The van der Waals surface area contributed by atoms with E-state index in [1.54, 1.807) is 0 Å². The number of rotatable bonds is 3. The van der Waals surface area contributed by atoms with Crippen molar-refractivity contribution in [2.75, 3.05) is 19.0 Å². The zero-order valence-corrected chi connectivity index (χ0v) is 9.60. The molecule has 0 aromatic rings. The molecule has 2 aliphatic rings. The first kappa shape index (κ1) is 10.5. The average Bonchev–Trinajstić information content (AvgIpc) is 2.62. The summed E-state index contributed by atoms with van der Waals surface area (Å²) in [6, 6.07) is 0.851. The van der Waals surface area contributed by atoms with Gasteiger partial charge in [-0.15, -0.1) is 11.6 Å². The zero-order chi connectivity index (χ0) is 9.97. The molecule has 1 saturated heterocycles. The van der Waals surface area contributed by atoms with Crippen LogP contribution in [-0.4, -0.2) is 29.9 Å². The van der Waals surface area contributed by atoms with Crippen molar-refractivity contribution in [2.24, 2.45) is 5.92 Å². The van der Waals surface area contributed by atoms with E-state index in [0.29, 0.717) is 5.88 Å². The fourth-order valence-electron chi connectivity index (χ4n) is 3.03. The highest BCUT2D eigenvalue weighted by atomic mass is 35.5. The second-order valence-electron chi connectivity index (χ2n) is 4.75. The summed E-state index contributed by atoms with van der Waals surface area (Å²) in [6.45, 7) is 6.30. The molecule has 0 radical (unpaired) electrons. The highest BCUT2D eigenvalue weighted by Gasteiger charge is 2.35. The van der Waals surface area contributed by atoms with Crippen molar-refractivity contribution in [3.8, 4) is 0 Å². The molecule has 2 unspecified atom stereocenters. The first-order chi connectivity index (χ1) is 6.81. The molecule has 2 rings (SSSR count). The Morgan fingerprint density at radius 2 is 2.07 bits per heavy atom. The molecule has 2 fully saturated rings. The van der Waals surface area contributed by atoms with Gasteiger partial charge in [-0.05, 0) is 37.3 Å². The van der Waals surface area contributed by atoms with Crippen LogP contribution in [0.4, 0.5) is 0 Å². The minimum Gasteiger partial charge on any atom is -0.296 e. The summed E-state index contributed by atoms with van der Waals surface area (Å²) in [7, 11) is 0. The lowest BCUT2D eigenvalue weighted by atomic mass is 9.85. The normalized spacial score (nSPS) is 32.9. The Kier molecular flexibility index (Phi) is 3.51. The van der Waals surface area contributed by atoms with E-state index in [-0.39, 0.29) is 0 Å². The van der Waals surface area contributed by atoms with E-state index in [4.69, 9.17) is 11.6 Å². The summed E-state index contributed by atoms with van der Waals surface area (Å²) in [6.07, 6.45) is 7.13. The predicted molar refractivity (Wildman–Crippen MR) is 61.8 cm³/mol. The molecule has 80 valence electrons. The standard InChI is InChI=1S/C12H20ClN/c1-10(8-13)9-14-7-6-11-4-2-3-5-12(11)14/h11-12H,1-9H2. The van der Waals surface area contributed by atoms with Gasteiger partial charge in [0.2, 0.25) is 0 Å². The molecule has 1 nitrogen and oxygen atoms in total. The highest BCUT2D eigenvalue weighted by molar-refractivity contribution is 6.19. The lowest BCUT2D eigenvalue weighted by Gasteiger charge is -2.31. The van der Waals surface area contributed by atoms with Crippen LogP contribution in [0.2, 0.25) is 0 Å². The monoisotopic (exact) mass is 213 g/mol. The molecular formula is C12H20ClN. The Hall–Kier alpha value is -0.0100. The van der Waals surface area contributed by atoms with Crippen LogP contribution in [-0.2, 0) is 0 Å². The Labute approximate surface area is 92.1 Å². The Morgan fingerprint density at radius 3 is 2.86 bits per heavy atom. The van der Waals surface area contributed by atoms with Gasteiger partial charge >= 0.3 is 0 Å². The third kappa shape index (κ3) is 2.14. The van der Waals surface area contributed by atoms with E-state index < -0.39 is 0 Å². The zero-order valence-electron chi connectivity index (χ0n) is 8.84. The smallest absolute Gasteiger partial charge is 0.0443 e. The third-order valence-corrected chi connectivity index (χ3v) is 4.12. The highest BCUT2D eigenvalue weighted by Crippen LogP contribution is 2.36. The minimum atomic E-state index is 0.619. The molecule has 14 heavy (non-hydrogen) atoms. The van der Waals surface area contributed by atoms with Crippen molar-refractivity contribution in [2.45, 2.75) is 38.1 Å². The van der Waals surface area contributed by atoms with Gasteiger partial charge in [-0.25, -0.2) is 0 Å². The molecule has 1 aliphatic carbocycles. The molecule has 2 heteroatoms. The van der Waals surface area contributed by atoms with Gasteiger partial charge in [0.25, 0.3) is 0 Å². The fraction of sp³-hybridized carbons (Fsp3) is 0.833. The lowest BCUT2D eigenvalue weighted by Crippen LogP contribution is -2.36. The summed E-state index contributed by atoms with van der Waals surface area (Å²) in [5, 5.41) is 0. The maximum atomic E-state index is 5.78. The van der Waals surface area contributed by atoms with Crippen molar-refractivity contribution in [1.29, 1.82) is 0 Å². The third-order valence-electron chi connectivity index (χ3n) is 3.74. The van der Waals surface area contributed by atoms with Crippen molar-refractivity contribution in [3.05, 3.63) is 12.2 Å². The molecule has 0 bridgehead atoms. The fourth-order valence-corrected chi connectivity index (χ4v) is 3.11. The quantitative estimate of drug-likeness (QED) is 0.515. The summed E-state index contributed by atoms with van der Waals surface area (Å²) in [5.74, 6) is 1.60. The Bertz CT molecular complexity index is 214. The average molecular weight is 214 g/mol. The van der Waals surface area contributed by atoms with Crippen molar-refractivity contribution < 1.29 is 0 Å². The number of likely N-dealkylation sites (tertiary alicyclic amines) is 1. The topological polar surface area (TPSA) is 3.24 Å². The van der Waals surface area contributed by atoms with Crippen LogP contribution in [0.25, 0.3) is 0 Å². The lowest BCUT2D eigenvalue weighted by molar-refractivity contribution is 0.195. The first-order valence-corrected chi connectivity index (χ1v) is 6.31. The van der Waals surface area contributed by atoms with E-state index in [2.05, 4.69) is 11.5 Å². The second-order valence-corrected chi connectivity index (χ2v) is 5.02.